The van der Waals surface area contributed by atoms with E-state index in [4.69, 9.17) is 21.7 Å². The van der Waals surface area contributed by atoms with Crippen molar-refractivity contribution in [2.75, 3.05) is 6.61 Å². The second-order valence-electron chi connectivity index (χ2n) is 6.83. The summed E-state index contributed by atoms with van der Waals surface area (Å²) >= 11 is 8.42. The molecule has 0 unspecified atom stereocenters. The molecule has 0 bridgehead atoms. The zero-order valence-electron chi connectivity index (χ0n) is 17.2. The van der Waals surface area contributed by atoms with Gasteiger partial charge in [0.25, 0.3) is 11.8 Å². The number of hydrazine groups is 1. The van der Waals surface area contributed by atoms with Crippen molar-refractivity contribution in [1.82, 2.24) is 16.2 Å². The summed E-state index contributed by atoms with van der Waals surface area (Å²) in [5.41, 5.74) is 7.29. The van der Waals surface area contributed by atoms with E-state index in [9.17, 15) is 9.59 Å². The van der Waals surface area contributed by atoms with E-state index in [1.54, 1.807) is 18.2 Å². The third-order valence-electron chi connectivity index (χ3n) is 3.79. The second kappa shape index (κ2) is 10.9. The average Bonchev–Trinajstić information content (AvgIpc) is 2.66. The molecule has 3 N–H and O–H groups in total. The van der Waals surface area contributed by atoms with E-state index in [1.807, 2.05) is 45.9 Å². The Hall–Kier alpha value is -2.65. The van der Waals surface area contributed by atoms with Gasteiger partial charge in [-0.2, -0.15) is 0 Å². The Morgan fingerprint density at radius 1 is 1.07 bits per heavy atom. The van der Waals surface area contributed by atoms with E-state index in [0.29, 0.717) is 21.5 Å². The Bertz CT molecular complexity index is 950. The van der Waals surface area contributed by atoms with Crippen LogP contribution in [0.25, 0.3) is 0 Å². The van der Waals surface area contributed by atoms with Gasteiger partial charge in [0.1, 0.15) is 11.5 Å². The summed E-state index contributed by atoms with van der Waals surface area (Å²) in [6.45, 7) is 7.52. The number of aryl methyl sites for hydroxylation is 2. The zero-order valence-corrected chi connectivity index (χ0v) is 19.6. The number of benzene rings is 2. The van der Waals surface area contributed by atoms with Crippen LogP contribution >= 0.6 is 28.1 Å². The van der Waals surface area contributed by atoms with Gasteiger partial charge >= 0.3 is 0 Å². The molecule has 160 valence electrons. The average molecular weight is 494 g/mol. The topological polar surface area (TPSA) is 88.7 Å². The van der Waals surface area contributed by atoms with Crippen LogP contribution < -0.4 is 25.6 Å². The molecule has 0 aliphatic carbocycles. The molecule has 0 radical (unpaired) electrons. The van der Waals surface area contributed by atoms with Crippen LogP contribution in [0.15, 0.2) is 40.9 Å². The Morgan fingerprint density at radius 2 is 1.77 bits per heavy atom. The highest BCUT2D eigenvalue weighted by Crippen LogP contribution is 2.27. The van der Waals surface area contributed by atoms with Crippen LogP contribution in [0.5, 0.6) is 11.5 Å². The molecule has 0 heterocycles. The third kappa shape index (κ3) is 7.31. The third-order valence-corrected chi connectivity index (χ3v) is 4.61. The highest BCUT2D eigenvalue weighted by molar-refractivity contribution is 9.10. The Labute approximate surface area is 189 Å². The first-order chi connectivity index (χ1) is 14.2. The molecule has 0 aliphatic rings. The van der Waals surface area contributed by atoms with Crippen LogP contribution in [-0.2, 0) is 4.79 Å². The van der Waals surface area contributed by atoms with Crippen LogP contribution in [0, 0.1) is 13.8 Å². The number of nitrogens with one attached hydrogen (secondary N) is 3. The number of ether oxygens (including phenoxy) is 2. The van der Waals surface area contributed by atoms with Crippen molar-refractivity contribution in [3.8, 4) is 11.5 Å². The SMILES string of the molecule is Cc1ccc(OCC(=O)NNC(=S)NC(=O)c2ccc(OC(C)C)c(Br)c2)c(C)c1. The largest absolute Gasteiger partial charge is 0.490 e. The molecule has 2 aromatic carbocycles. The van der Waals surface area contributed by atoms with Gasteiger partial charge in [-0.3, -0.25) is 25.8 Å². The van der Waals surface area contributed by atoms with E-state index in [2.05, 4.69) is 32.1 Å². The quantitative estimate of drug-likeness (QED) is 0.421. The van der Waals surface area contributed by atoms with Crippen LogP contribution in [-0.4, -0.2) is 29.6 Å². The lowest BCUT2D eigenvalue weighted by atomic mass is 10.1. The maximum absolute atomic E-state index is 12.3. The number of halogens is 1. The predicted molar refractivity (Wildman–Crippen MR) is 123 cm³/mol. The number of amides is 2. The molecule has 2 aromatic rings. The number of carbonyl (C=O) groups is 2. The number of thiocarbonyl (C=S) groups is 1. The van der Waals surface area contributed by atoms with E-state index in [-0.39, 0.29) is 17.8 Å². The van der Waals surface area contributed by atoms with Gasteiger partial charge in [-0.05, 0) is 85.7 Å². The first-order valence-electron chi connectivity index (χ1n) is 9.22. The fraction of sp³-hybridized carbons (Fsp3) is 0.286. The number of rotatable bonds is 6. The van der Waals surface area contributed by atoms with Crippen LogP contribution in [0.2, 0.25) is 0 Å². The molecule has 0 atom stereocenters. The molecule has 0 aliphatic heterocycles. The molecule has 7 nitrogen and oxygen atoms in total. The molecule has 9 heteroatoms. The lowest BCUT2D eigenvalue weighted by Gasteiger charge is -2.14. The van der Waals surface area contributed by atoms with E-state index < -0.39 is 11.8 Å². The summed E-state index contributed by atoms with van der Waals surface area (Å²) in [6, 6.07) is 10.6. The van der Waals surface area contributed by atoms with E-state index in [1.165, 1.54) is 0 Å². The van der Waals surface area contributed by atoms with Crippen LogP contribution in [0.4, 0.5) is 0 Å². The summed E-state index contributed by atoms with van der Waals surface area (Å²) in [5, 5.41) is 2.45. The highest BCUT2D eigenvalue weighted by Gasteiger charge is 2.12. The van der Waals surface area contributed by atoms with Gasteiger partial charge in [0.2, 0.25) is 0 Å². The standard InChI is InChI=1S/C21H24BrN3O4S/c1-12(2)29-18-8-6-15(10-16(18)22)20(27)23-21(30)25-24-19(26)11-28-17-7-5-13(3)9-14(17)4/h5-10,12H,11H2,1-4H3,(H,24,26)(H2,23,25,27,30). The van der Waals surface area contributed by atoms with Gasteiger partial charge in [0.05, 0.1) is 10.6 Å². The van der Waals surface area contributed by atoms with Gasteiger partial charge in [0, 0.05) is 5.56 Å². The lowest BCUT2D eigenvalue weighted by Crippen LogP contribution is -2.49. The summed E-state index contributed by atoms with van der Waals surface area (Å²) < 4.78 is 11.8. The predicted octanol–water partition coefficient (Wildman–Crippen LogP) is 3.57. The Balaban J connectivity index is 1.80. The molecule has 0 saturated heterocycles. The maximum atomic E-state index is 12.3. The zero-order chi connectivity index (χ0) is 22.3. The normalized spacial score (nSPS) is 10.3. The number of carbonyl (C=O) groups excluding carboxylic acids is 2. The van der Waals surface area contributed by atoms with Gasteiger partial charge in [0.15, 0.2) is 11.7 Å². The summed E-state index contributed by atoms with van der Waals surface area (Å²) in [4.78, 5) is 24.3. The molecule has 0 fully saturated rings. The number of hydrogen-bond acceptors (Lipinski definition) is 5. The maximum Gasteiger partial charge on any atom is 0.276 e. The molecule has 30 heavy (non-hydrogen) atoms. The van der Waals surface area contributed by atoms with Crippen LogP contribution in [0.1, 0.15) is 35.3 Å². The van der Waals surface area contributed by atoms with Gasteiger partial charge in [-0.1, -0.05) is 17.7 Å². The van der Waals surface area contributed by atoms with E-state index in [0.717, 1.165) is 11.1 Å². The van der Waals surface area contributed by atoms with Gasteiger partial charge in [-0.15, -0.1) is 0 Å². The smallest absolute Gasteiger partial charge is 0.276 e. The van der Waals surface area contributed by atoms with E-state index >= 15 is 0 Å². The first-order valence-corrected chi connectivity index (χ1v) is 10.4. The van der Waals surface area contributed by atoms with Crippen LogP contribution in [0.3, 0.4) is 0 Å². The summed E-state index contributed by atoms with van der Waals surface area (Å²) in [6.07, 6.45) is 0.0141. The van der Waals surface area contributed by atoms with Crippen molar-refractivity contribution < 1.29 is 19.1 Å². The Morgan fingerprint density at radius 3 is 2.40 bits per heavy atom. The first kappa shape index (κ1) is 23.6. The minimum Gasteiger partial charge on any atom is -0.490 e. The van der Waals surface area contributed by atoms with Crippen molar-refractivity contribution in [1.29, 1.82) is 0 Å². The van der Waals surface area contributed by atoms with Crippen molar-refractivity contribution in [2.45, 2.75) is 33.8 Å². The van der Waals surface area contributed by atoms with Crippen molar-refractivity contribution in [3.63, 3.8) is 0 Å². The van der Waals surface area contributed by atoms with Gasteiger partial charge < -0.3 is 9.47 Å². The Kier molecular flexibility index (Phi) is 8.61. The molecule has 2 rings (SSSR count). The molecular weight excluding hydrogens is 470 g/mol. The second-order valence-corrected chi connectivity index (χ2v) is 8.09. The lowest BCUT2D eigenvalue weighted by molar-refractivity contribution is -0.123. The molecule has 2 amide bonds. The minimum absolute atomic E-state index is 0.0141. The highest BCUT2D eigenvalue weighted by atomic mass is 79.9. The minimum atomic E-state index is -0.440. The molecule has 0 spiro atoms. The summed E-state index contributed by atoms with van der Waals surface area (Å²) in [7, 11) is 0. The summed E-state index contributed by atoms with van der Waals surface area (Å²) in [5.74, 6) is 0.398. The molecule has 0 aromatic heterocycles. The fourth-order valence-electron chi connectivity index (χ4n) is 2.47. The monoisotopic (exact) mass is 493 g/mol. The van der Waals surface area contributed by atoms with Crippen molar-refractivity contribution in [2.24, 2.45) is 0 Å². The number of hydrogen-bond donors (Lipinski definition) is 3. The van der Waals surface area contributed by atoms with Crippen molar-refractivity contribution in [3.05, 3.63) is 57.6 Å². The van der Waals surface area contributed by atoms with Gasteiger partial charge in [-0.25, -0.2) is 0 Å². The fourth-order valence-corrected chi connectivity index (χ4v) is 3.08. The molecular formula is C21H24BrN3O4S. The van der Waals surface area contributed by atoms with Crippen molar-refractivity contribution >= 4 is 45.1 Å². The molecule has 0 saturated carbocycles.